The van der Waals surface area contributed by atoms with Gasteiger partial charge in [0.15, 0.2) is 5.82 Å². The second-order valence-electron chi connectivity index (χ2n) is 8.51. The molecule has 3 aromatic carbocycles. The molecule has 1 atom stereocenters. The largest absolute Gasteiger partial charge is 0.381 e. The van der Waals surface area contributed by atoms with Crippen molar-refractivity contribution in [1.29, 1.82) is 0 Å². The minimum atomic E-state index is -0.635. The molecule has 5 rings (SSSR count). The van der Waals surface area contributed by atoms with E-state index in [-0.39, 0.29) is 6.04 Å². The second kappa shape index (κ2) is 9.46. The third kappa shape index (κ3) is 4.83. The van der Waals surface area contributed by atoms with E-state index in [0.29, 0.717) is 12.4 Å². The summed E-state index contributed by atoms with van der Waals surface area (Å²) in [5.74, 6) is 1.36. The molecule has 0 aliphatic rings. The number of aromatic amines is 1. The molecule has 172 valence electrons. The number of hydrogen-bond acceptors (Lipinski definition) is 7. The zero-order valence-electron chi connectivity index (χ0n) is 19.1. The fraction of sp³-hybridized carbons (Fsp3) is 0.192. The molecule has 0 saturated heterocycles. The van der Waals surface area contributed by atoms with E-state index in [0.717, 1.165) is 44.6 Å². The lowest BCUT2D eigenvalue weighted by Gasteiger charge is -2.17. The molecule has 0 bridgehead atoms. The maximum absolute atomic E-state index is 10.1. The number of aliphatic hydroxyl groups is 1. The number of anilines is 3. The SMILES string of the molecule is CC(C)NC(O)CNc1cccc(-c2nc(Nc3ccc4[nH]ncc4c3)c3ccccc3n2)c1. The van der Waals surface area contributed by atoms with Crippen LogP contribution in [-0.4, -0.2) is 44.1 Å². The minimum absolute atomic E-state index is 0.203. The summed E-state index contributed by atoms with van der Waals surface area (Å²) in [5.41, 5.74) is 4.53. The maximum atomic E-state index is 10.1. The summed E-state index contributed by atoms with van der Waals surface area (Å²) in [6, 6.07) is 22.1. The highest BCUT2D eigenvalue weighted by Gasteiger charge is 2.11. The molecule has 0 spiro atoms. The van der Waals surface area contributed by atoms with Gasteiger partial charge in [-0.1, -0.05) is 24.3 Å². The van der Waals surface area contributed by atoms with Crippen molar-refractivity contribution in [3.63, 3.8) is 0 Å². The van der Waals surface area contributed by atoms with Crippen LogP contribution >= 0.6 is 0 Å². The van der Waals surface area contributed by atoms with Crippen molar-refractivity contribution < 1.29 is 5.11 Å². The average Bonchev–Trinajstić information content (AvgIpc) is 3.30. The van der Waals surface area contributed by atoms with Crippen LogP contribution in [0, 0.1) is 0 Å². The van der Waals surface area contributed by atoms with Gasteiger partial charge in [-0.3, -0.25) is 10.4 Å². The number of para-hydroxylation sites is 1. The molecule has 5 aromatic rings. The molecule has 0 aliphatic heterocycles. The second-order valence-corrected chi connectivity index (χ2v) is 8.51. The average molecular weight is 454 g/mol. The molecular weight excluding hydrogens is 426 g/mol. The first-order valence-electron chi connectivity index (χ1n) is 11.3. The Hall–Kier alpha value is -4.01. The van der Waals surface area contributed by atoms with Crippen molar-refractivity contribution in [2.45, 2.75) is 26.1 Å². The van der Waals surface area contributed by atoms with Crippen LogP contribution in [-0.2, 0) is 0 Å². The van der Waals surface area contributed by atoms with Crippen molar-refractivity contribution in [2.24, 2.45) is 0 Å². The van der Waals surface area contributed by atoms with Crippen LogP contribution in [0.25, 0.3) is 33.2 Å². The predicted molar refractivity (Wildman–Crippen MR) is 137 cm³/mol. The lowest BCUT2D eigenvalue weighted by molar-refractivity contribution is 0.140. The molecule has 34 heavy (non-hydrogen) atoms. The van der Waals surface area contributed by atoms with Crippen LogP contribution in [0.1, 0.15) is 13.8 Å². The van der Waals surface area contributed by atoms with Gasteiger partial charge in [-0.2, -0.15) is 5.10 Å². The van der Waals surface area contributed by atoms with E-state index in [1.54, 1.807) is 6.20 Å². The quantitative estimate of drug-likeness (QED) is 0.218. The Kier molecular flexibility index (Phi) is 6.07. The number of aliphatic hydroxyl groups excluding tert-OH is 1. The van der Waals surface area contributed by atoms with Gasteiger partial charge in [-0.05, 0) is 56.3 Å². The highest BCUT2D eigenvalue weighted by Crippen LogP contribution is 2.29. The van der Waals surface area contributed by atoms with Crippen LogP contribution < -0.4 is 16.0 Å². The third-order valence-corrected chi connectivity index (χ3v) is 5.45. The van der Waals surface area contributed by atoms with Crippen molar-refractivity contribution in [3.05, 3.63) is 72.9 Å². The molecule has 2 aromatic heterocycles. The first-order valence-corrected chi connectivity index (χ1v) is 11.3. The van der Waals surface area contributed by atoms with Gasteiger partial charge in [0.05, 0.1) is 23.8 Å². The Balaban J connectivity index is 1.46. The summed E-state index contributed by atoms with van der Waals surface area (Å²) in [4.78, 5) is 9.68. The highest BCUT2D eigenvalue weighted by molar-refractivity contribution is 5.93. The van der Waals surface area contributed by atoms with E-state index < -0.39 is 6.23 Å². The third-order valence-electron chi connectivity index (χ3n) is 5.45. The lowest BCUT2D eigenvalue weighted by Crippen LogP contribution is -2.39. The summed E-state index contributed by atoms with van der Waals surface area (Å²) < 4.78 is 0. The van der Waals surface area contributed by atoms with Gasteiger partial charge in [-0.25, -0.2) is 9.97 Å². The Labute approximate surface area is 197 Å². The first-order chi connectivity index (χ1) is 16.5. The van der Waals surface area contributed by atoms with Gasteiger partial charge in [0.2, 0.25) is 0 Å². The molecule has 1 unspecified atom stereocenters. The predicted octanol–water partition coefficient (Wildman–Crippen LogP) is 4.65. The number of hydrogen-bond donors (Lipinski definition) is 5. The van der Waals surface area contributed by atoms with Gasteiger partial charge in [0.1, 0.15) is 12.0 Å². The van der Waals surface area contributed by atoms with E-state index in [1.165, 1.54) is 0 Å². The first kappa shape index (κ1) is 21.8. The van der Waals surface area contributed by atoms with Gasteiger partial charge in [-0.15, -0.1) is 0 Å². The van der Waals surface area contributed by atoms with Crippen molar-refractivity contribution in [3.8, 4) is 11.4 Å². The van der Waals surface area contributed by atoms with Gasteiger partial charge >= 0.3 is 0 Å². The molecule has 0 fully saturated rings. The number of H-pyrrole nitrogens is 1. The van der Waals surface area contributed by atoms with E-state index >= 15 is 0 Å². The molecule has 0 radical (unpaired) electrons. The molecule has 0 aliphatic carbocycles. The monoisotopic (exact) mass is 453 g/mol. The van der Waals surface area contributed by atoms with Gasteiger partial charge in [0, 0.05) is 33.8 Å². The zero-order chi connectivity index (χ0) is 23.5. The van der Waals surface area contributed by atoms with Crippen molar-refractivity contribution >= 4 is 39.0 Å². The number of benzene rings is 3. The fourth-order valence-electron chi connectivity index (χ4n) is 3.88. The Morgan fingerprint density at radius 2 is 1.82 bits per heavy atom. The molecule has 0 amide bonds. The van der Waals surface area contributed by atoms with Crippen LogP contribution in [0.15, 0.2) is 72.9 Å². The summed E-state index contributed by atoms with van der Waals surface area (Å²) in [7, 11) is 0. The summed E-state index contributed by atoms with van der Waals surface area (Å²) in [5, 5.41) is 28.9. The fourth-order valence-corrected chi connectivity index (χ4v) is 3.88. The van der Waals surface area contributed by atoms with Crippen LogP contribution in [0.5, 0.6) is 0 Å². The summed E-state index contributed by atoms with van der Waals surface area (Å²) in [6.07, 6.45) is 1.17. The van der Waals surface area contributed by atoms with Crippen LogP contribution in [0.3, 0.4) is 0 Å². The molecular formula is C26H27N7O. The molecule has 8 heteroatoms. The normalized spacial score (nSPS) is 12.4. The van der Waals surface area contributed by atoms with E-state index in [1.807, 2.05) is 80.6 Å². The Morgan fingerprint density at radius 3 is 2.71 bits per heavy atom. The number of fused-ring (bicyclic) bond motifs is 2. The topological polar surface area (TPSA) is 111 Å². The molecule has 0 saturated carbocycles. The van der Waals surface area contributed by atoms with Crippen molar-refractivity contribution in [1.82, 2.24) is 25.5 Å². The summed E-state index contributed by atoms with van der Waals surface area (Å²) >= 11 is 0. The highest BCUT2D eigenvalue weighted by atomic mass is 16.3. The summed E-state index contributed by atoms with van der Waals surface area (Å²) in [6.45, 7) is 4.39. The Morgan fingerprint density at radius 1 is 0.941 bits per heavy atom. The van der Waals surface area contributed by atoms with Crippen LogP contribution in [0.2, 0.25) is 0 Å². The minimum Gasteiger partial charge on any atom is -0.381 e. The maximum Gasteiger partial charge on any atom is 0.162 e. The Bertz CT molecular complexity index is 1430. The number of nitrogens with zero attached hydrogens (tertiary/aromatic N) is 3. The molecule has 2 heterocycles. The smallest absolute Gasteiger partial charge is 0.162 e. The lowest BCUT2D eigenvalue weighted by atomic mass is 10.1. The number of rotatable bonds is 8. The standard InChI is InChI=1S/C26H27N7O/c1-16(2)29-24(34)15-27-19-7-5-6-17(12-19)25-31-23-9-4-3-8-21(23)26(32-25)30-20-10-11-22-18(13-20)14-28-33-22/h3-14,16,24,27,29,34H,15H2,1-2H3,(H,28,33)(H,30,31,32). The zero-order valence-corrected chi connectivity index (χ0v) is 19.1. The number of aromatic nitrogens is 4. The van der Waals surface area contributed by atoms with Gasteiger partial charge in [0.25, 0.3) is 0 Å². The van der Waals surface area contributed by atoms with E-state index in [9.17, 15) is 5.11 Å². The molecule has 5 N–H and O–H groups in total. The van der Waals surface area contributed by atoms with Gasteiger partial charge < -0.3 is 15.7 Å². The van der Waals surface area contributed by atoms with E-state index in [4.69, 9.17) is 9.97 Å². The molecule has 8 nitrogen and oxygen atoms in total. The van der Waals surface area contributed by atoms with Crippen LogP contribution in [0.4, 0.5) is 17.2 Å². The van der Waals surface area contributed by atoms with E-state index in [2.05, 4.69) is 26.1 Å². The number of nitrogens with one attached hydrogen (secondary N) is 4. The van der Waals surface area contributed by atoms with Crippen molar-refractivity contribution in [2.75, 3.05) is 17.2 Å².